The summed E-state index contributed by atoms with van der Waals surface area (Å²) in [5.41, 5.74) is 5.40. The molecule has 3 rings (SSSR count). The van der Waals surface area contributed by atoms with Gasteiger partial charge < -0.3 is 5.32 Å². The minimum Gasteiger partial charge on any atom is -0.324 e. The summed E-state index contributed by atoms with van der Waals surface area (Å²) in [6.07, 6.45) is 0. The number of hydrogen-bond acceptors (Lipinski definition) is 2. The minimum atomic E-state index is -0.241. The second-order valence-electron chi connectivity index (χ2n) is 6.98. The SMILES string of the molecule is Cc1ccc(CN(C)[C@@H](C)C(=O)Nc2ccccc2-c2ccccc2)cc1. The second-order valence-corrected chi connectivity index (χ2v) is 6.98. The third-order valence-electron chi connectivity index (χ3n) is 4.86. The Kier molecular flexibility index (Phi) is 6.05. The van der Waals surface area contributed by atoms with Crippen molar-refractivity contribution in [1.29, 1.82) is 0 Å². The van der Waals surface area contributed by atoms with Crippen LogP contribution in [0.5, 0.6) is 0 Å². The van der Waals surface area contributed by atoms with Crippen LogP contribution >= 0.6 is 0 Å². The molecule has 0 heterocycles. The highest BCUT2D eigenvalue weighted by molar-refractivity contribution is 5.98. The average molecular weight is 358 g/mol. The van der Waals surface area contributed by atoms with Crippen molar-refractivity contribution in [3.8, 4) is 11.1 Å². The van der Waals surface area contributed by atoms with E-state index in [4.69, 9.17) is 0 Å². The van der Waals surface area contributed by atoms with Crippen LogP contribution in [0.1, 0.15) is 18.1 Å². The number of carbonyl (C=O) groups excluding carboxylic acids is 1. The number of nitrogens with one attached hydrogen (secondary N) is 1. The molecule has 3 aromatic rings. The van der Waals surface area contributed by atoms with Crippen LogP contribution in [-0.2, 0) is 11.3 Å². The van der Waals surface area contributed by atoms with Gasteiger partial charge in [-0.2, -0.15) is 0 Å². The number of likely N-dealkylation sites (N-methyl/N-ethyl adjacent to an activating group) is 1. The standard InChI is InChI=1S/C24H26N2O/c1-18-13-15-20(16-14-18)17-26(3)19(2)24(27)25-23-12-8-7-11-22(23)21-9-5-4-6-10-21/h4-16,19H,17H2,1-3H3,(H,25,27)/t19-/m0/s1. The summed E-state index contributed by atoms with van der Waals surface area (Å²) >= 11 is 0. The smallest absolute Gasteiger partial charge is 0.241 e. The molecule has 1 atom stereocenters. The largest absolute Gasteiger partial charge is 0.324 e. The van der Waals surface area contributed by atoms with Gasteiger partial charge in [-0.25, -0.2) is 0 Å². The topological polar surface area (TPSA) is 32.3 Å². The van der Waals surface area contributed by atoms with Gasteiger partial charge in [0.1, 0.15) is 0 Å². The molecule has 0 fully saturated rings. The van der Waals surface area contributed by atoms with Gasteiger partial charge in [0.05, 0.1) is 6.04 Å². The molecule has 0 saturated heterocycles. The van der Waals surface area contributed by atoms with E-state index in [0.29, 0.717) is 0 Å². The number of amides is 1. The molecule has 138 valence electrons. The fourth-order valence-corrected chi connectivity index (χ4v) is 3.02. The zero-order valence-corrected chi connectivity index (χ0v) is 16.1. The van der Waals surface area contributed by atoms with Crippen molar-refractivity contribution in [3.63, 3.8) is 0 Å². The Labute approximate surface area is 161 Å². The molecular formula is C24H26N2O. The van der Waals surface area contributed by atoms with E-state index in [-0.39, 0.29) is 11.9 Å². The predicted molar refractivity (Wildman–Crippen MR) is 113 cm³/mol. The maximum atomic E-state index is 12.8. The maximum absolute atomic E-state index is 12.8. The molecule has 0 unspecified atom stereocenters. The van der Waals surface area contributed by atoms with Crippen molar-refractivity contribution in [2.75, 3.05) is 12.4 Å². The summed E-state index contributed by atoms with van der Waals surface area (Å²) in [5, 5.41) is 3.10. The van der Waals surface area contributed by atoms with Crippen LogP contribution in [0.3, 0.4) is 0 Å². The van der Waals surface area contributed by atoms with E-state index in [1.165, 1.54) is 11.1 Å². The monoisotopic (exact) mass is 358 g/mol. The predicted octanol–water partition coefficient (Wildman–Crippen LogP) is 5.12. The number of benzene rings is 3. The first-order chi connectivity index (χ1) is 13.0. The van der Waals surface area contributed by atoms with E-state index >= 15 is 0 Å². The van der Waals surface area contributed by atoms with Crippen LogP contribution in [0.25, 0.3) is 11.1 Å². The lowest BCUT2D eigenvalue weighted by molar-refractivity contribution is -0.120. The second kappa shape index (κ2) is 8.65. The van der Waals surface area contributed by atoms with Crippen LogP contribution < -0.4 is 5.32 Å². The van der Waals surface area contributed by atoms with Crippen molar-refractivity contribution < 1.29 is 4.79 Å². The molecule has 0 aliphatic heterocycles. The lowest BCUT2D eigenvalue weighted by Crippen LogP contribution is -2.39. The lowest BCUT2D eigenvalue weighted by atomic mass is 10.0. The molecule has 0 aliphatic rings. The Bertz CT molecular complexity index is 888. The first kappa shape index (κ1) is 18.9. The molecule has 3 nitrogen and oxygen atoms in total. The van der Waals surface area contributed by atoms with Crippen molar-refractivity contribution in [3.05, 3.63) is 90.0 Å². The Morgan fingerprint density at radius 3 is 2.26 bits per heavy atom. The van der Waals surface area contributed by atoms with Gasteiger partial charge in [0.2, 0.25) is 5.91 Å². The van der Waals surface area contributed by atoms with Gasteiger partial charge in [-0.3, -0.25) is 9.69 Å². The van der Waals surface area contributed by atoms with Gasteiger partial charge in [-0.15, -0.1) is 0 Å². The third kappa shape index (κ3) is 4.83. The lowest BCUT2D eigenvalue weighted by Gasteiger charge is -2.24. The summed E-state index contributed by atoms with van der Waals surface area (Å²) < 4.78 is 0. The molecule has 3 heteroatoms. The number of anilines is 1. The molecular weight excluding hydrogens is 332 g/mol. The number of hydrogen-bond donors (Lipinski definition) is 1. The first-order valence-corrected chi connectivity index (χ1v) is 9.25. The minimum absolute atomic E-state index is 0.00649. The fourth-order valence-electron chi connectivity index (χ4n) is 3.02. The summed E-state index contributed by atoms with van der Waals surface area (Å²) in [6.45, 7) is 4.75. The number of para-hydroxylation sites is 1. The zero-order valence-electron chi connectivity index (χ0n) is 16.1. The van der Waals surface area contributed by atoms with Gasteiger partial charge in [0, 0.05) is 17.8 Å². The van der Waals surface area contributed by atoms with Crippen LogP contribution in [0.2, 0.25) is 0 Å². The molecule has 0 spiro atoms. The Balaban J connectivity index is 1.70. The molecule has 27 heavy (non-hydrogen) atoms. The molecule has 0 aliphatic carbocycles. The number of aryl methyl sites for hydroxylation is 1. The Hall–Kier alpha value is -2.91. The van der Waals surface area contributed by atoms with E-state index in [1.807, 2.05) is 56.4 Å². The van der Waals surface area contributed by atoms with E-state index in [1.54, 1.807) is 0 Å². The average Bonchev–Trinajstić information content (AvgIpc) is 2.70. The summed E-state index contributed by atoms with van der Waals surface area (Å²) in [5.74, 6) is -0.00649. The Morgan fingerprint density at radius 1 is 0.926 bits per heavy atom. The normalized spacial score (nSPS) is 12.0. The van der Waals surface area contributed by atoms with Crippen molar-refractivity contribution >= 4 is 11.6 Å². The molecule has 3 aromatic carbocycles. The maximum Gasteiger partial charge on any atom is 0.241 e. The van der Waals surface area contributed by atoms with Gasteiger partial charge in [0.25, 0.3) is 0 Å². The van der Waals surface area contributed by atoms with E-state index in [2.05, 4.69) is 53.5 Å². The third-order valence-corrected chi connectivity index (χ3v) is 4.86. The highest BCUT2D eigenvalue weighted by Crippen LogP contribution is 2.27. The van der Waals surface area contributed by atoms with E-state index in [9.17, 15) is 4.79 Å². The van der Waals surface area contributed by atoms with Crippen molar-refractivity contribution in [2.24, 2.45) is 0 Å². The molecule has 0 saturated carbocycles. The zero-order chi connectivity index (χ0) is 19.2. The van der Waals surface area contributed by atoms with Gasteiger partial charge in [-0.1, -0.05) is 78.4 Å². The van der Waals surface area contributed by atoms with Crippen LogP contribution in [0, 0.1) is 6.92 Å². The fraction of sp³-hybridized carbons (Fsp3) is 0.208. The number of rotatable bonds is 6. The van der Waals surface area contributed by atoms with Crippen LogP contribution in [0.15, 0.2) is 78.9 Å². The van der Waals surface area contributed by atoms with Crippen molar-refractivity contribution in [2.45, 2.75) is 26.4 Å². The molecule has 1 N–H and O–H groups in total. The molecule has 0 aromatic heterocycles. The quantitative estimate of drug-likeness (QED) is 0.663. The van der Waals surface area contributed by atoms with Gasteiger partial charge in [0.15, 0.2) is 0 Å². The van der Waals surface area contributed by atoms with E-state index in [0.717, 1.165) is 23.4 Å². The highest BCUT2D eigenvalue weighted by Gasteiger charge is 2.19. The van der Waals surface area contributed by atoms with Crippen molar-refractivity contribution in [1.82, 2.24) is 4.90 Å². The van der Waals surface area contributed by atoms with E-state index < -0.39 is 0 Å². The molecule has 0 bridgehead atoms. The summed E-state index contributed by atoms with van der Waals surface area (Å²) in [7, 11) is 1.98. The highest BCUT2D eigenvalue weighted by atomic mass is 16.2. The molecule has 0 radical (unpaired) electrons. The van der Waals surface area contributed by atoms with Gasteiger partial charge in [-0.05, 0) is 38.1 Å². The number of nitrogens with zero attached hydrogens (tertiary/aromatic N) is 1. The Morgan fingerprint density at radius 2 is 1.56 bits per heavy atom. The van der Waals surface area contributed by atoms with Crippen LogP contribution in [0.4, 0.5) is 5.69 Å². The summed E-state index contributed by atoms with van der Waals surface area (Å²) in [4.78, 5) is 14.9. The number of carbonyl (C=O) groups is 1. The van der Waals surface area contributed by atoms with Crippen LogP contribution in [-0.4, -0.2) is 23.9 Å². The summed E-state index contributed by atoms with van der Waals surface area (Å²) in [6, 6.07) is 26.2. The molecule has 1 amide bonds. The first-order valence-electron chi connectivity index (χ1n) is 9.25. The van der Waals surface area contributed by atoms with Gasteiger partial charge >= 0.3 is 0 Å².